The Balaban J connectivity index is 1.68. The summed E-state index contributed by atoms with van der Waals surface area (Å²) in [5.41, 5.74) is 3.37. The van der Waals surface area contributed by atoms with E-state index in [0.29, 0.717) is 47.0 Å². The Morgan fingerprint density at radius 3 is 2.10 bits per heavy atom. The zero-order chi connectivity index (χ0) is 28.5. The summed E-state index contributed by atoms with van der Waals surface area (Å²) in [7, 11) is 1.60. The lowest BCUT2D eigenvalue weighted by molar-refractivity contribution is 0.0378. The second kappa shape index (κ2) is 13.8. The van der Waals surface area contributed by atoms with E-state index in [1.807, 2.05) is 38.1 Å². The molecule has 0 aromatic heterocycles. The normalized spacial score (nSPS) is 11.3. The number of hydrogen-bond acceptors (Lipinski definition) is 6. The molecule has 0 saturated heterocycles. The highest BCUT2D eigenvalue weighted by molar-refractivity contribution is 6.04. The first-order valence-corrected chi connectivity index (χ1v) is 13.4. The van der Waals surface area contributed by atoms with Crippen LogP contribution in [0.1, 0.15) is 62.3 Å². The molecule has 3 aromatic rings. The SMILES string of the molecule is COc1ccc(NC(=O)c2ccc(-c3cccc(C(=O)OC(C)C)c3)cc2)cc1OCCN(C(C)C)C(C)C. The topological polar surface area (TPSA) is 77.1 Å². The van der Waals surface area contributed by atoms with Gasteiger partial charge in [-0.05, 0) is 89.1 Å². The van der Waals surface area contributed by atoms with Crippen LogP contribution in [0.15, 0.2) is 66.7 Å². The molecule has 0 spiro atoms. The highest BCUT2D eigenvalue weighted by Crippen LogP contribution is 2.31. The molecule has 7 nitrogen and oxygen atoms in total. The molecule has 0 fully saturated rings. The van der Waals surface area contributed by atoms with Gasteiger partial charge in [-0.2, -0.15) is 0 Å². The number of carbonyl (C=O) groups is 2. The number of esters is 1. The maximum atomic E-state index is 13.0. The zero-order valence-corrected chi connectivity index (χ0v) is 24.0. The minimum absolute atomic E-state index is 0.188. The molecule has 208 valence electrons. The minimum Gasteiger partial charge on any atom is -0.493 e. The molecular formula is C32H40N2O5. The second-order valence-corrected chi connectivity index (χ2v) is 10.2. The molecule has 0 unspecified atom stereocenters. The number of methoxy groups -OCH3 is 1. The van der Waals surface area contributed by atoms with Crippen LogP contribution in [0.3, 0.4) is 0 Å². The molecule has 0 aliphatic rings. The Hall–Kier alpha value is -3.84. The molecule has 1 amide bonds. The molecule has 0 atom stereocenters. The van der Waals surface area contributed by atoms with Crippen LogP contribution < -0.4 is 14.8 Å². The Morgan fingerprint density at radius 2 is 1.49 bits per heavy atom. The summed E-state index contributed by atoms with van der Waals surface area (Å²) in [5.74, 6) is 0.590. The molecule has 3 rings (SSSR count). The smallest absolute Gasteiger partial charge is 0.338 e. The van der Waals surface area contributed by atoms with E-state index < -0.39 is 0 Å². The molecule has 0 saturated carbocycles. The molecule has 0 aliphatic heterocycles. The van der Waals surface area contributed by atoms with Gasteiger partial charge in [0.25, 0.3) is 5.91 Å². The van der Waals surface area contributed by atoms with Gasteiger partial charge >= 0.3 is 5.97 Å². The number of nitrogens with one attached hydrogen (secondary N) is 1. The minimum atomic E-state index is -0.358. The molecule has 1 N–H and O–H groups in total. The van der Waals surface area contributed by atoms with Crippen LogP contribution in [0, 0.1) is 0 Å². The molecule has 7 heteroatoms. The third-order valence-electron chi connectivity index (χ3n) is 6.28. The van der Waals surface area contributed by atoms with E-state index in [1.165, 1.54) is 0 Å². The monoisotopic (exact) mass is 532 g/mol. The summed E-state index contributed by atoms with van der Waals surface area (Å²) >= 11 is 0. The number of rotatable bonds is 12. The maximum absolute atomic E-state index is 13.0. The molecule has 3 aromatic carbocycles. The Labute approximate surface area is 232 Å². The summed E-state index contributed by atoms with van der Waals surface area (Å²) in [4.78, 5) is 27.6. The molecule has 0 heterocycles. The summed E-state index contributed by atoms with van der Waals surface area (Å²) < 4.78 is 16.8. The number of hydrogen-bond donors (Lipinski definition) is 1. The van der Waals surface area contributed by atoms with Gasteiger partial charge in [0, 0.05) is 35.9 Å². The summed E-state index contributed by atoms with van der Waals surface area (Å²) in [6, 6.07) is 20.7. The van der Waals surface area contributed by atoms with E-state index in [4.69, 9.17) is 14.2 Å². The van der Waals surface area contributed by atoms with Crippen molar-refractivity contribution in [3.05, 3.63) is 77.9 Å². The van der Waals surface area contributed by atoms with E-state index >= 15 is 0 Å². The van der Waals surface area contributed by atoms with E-state index in [9.17, 15) is 9.59 Å². The highest BCUT2D eigenvalue weighted by atomic mass is 16.5. The number of nitrogens with zero attached hydrogens (tertiary/aromatic N) is 1. The van der Waals surface area contributed by atoms with E-state index in [2.05, 4.69) is 37.9 Å². The standard InChI is InChI=1S/C32H40N2O5/c1-21(2)34(22(3)4)17-18-38-30-20-28(15-16-29(30)37-7)33-31(35)25-13-11-24(12-14-25)26-9-8-10-27(19-26)32(36)39-23(5)6/h8-16,19-23H,17-18H2,1-7H3,(H,33,35). The first-order chi connectivity index (χ1) is 18.6. The van der Waals surface area contributed by atoms with E-state index in [1.54, 1.807) is 49.6 Å². The van der Waals surface area contributed by atoms with Crippen LogP contribution >= 0.6 is 0 Å². The molecule has 0 bridgehead atoms. The Bertz CT molecular complexity index is 1240. The van der Waals surface area contributed by atoms with Crippen molar-refractivity contribution in [2.24, 2.45) is 0 Å². The van der Waals surface area contributed by atoms with Crippen molar-refractivity contribution >= 4 is 17.6 Å². The van der Waals surface area contributed by atoms with Gasteiger partial charge in [-0.1, -0.05) is 24.3 Å². The molecule has 39 heavy (non-hydrogen) atoms. The van der Waals surface area contributed by atoms with Crippen LogP contribution in [-0.2, 0) is 4.74 Å². The summed E-state index contributed by atoms with van der Waals surface area (Å²) in [6.45, 7) is 13.6. The predicted molar refractivity (Wildman–Crippen MR) is 156 cm³/mol. The van der Waals surface area contributed by atoms with Crippen molar-refractivity contribution in [2.45, 2.75) is 59.7 Å². The van der Waals surface area contributed by atoms with Gasteiger partial charge in [0.05, 0.1) is 18.8 Å². The lowest BCUT2D eigenvalue weighted by Crippen LogP contribution is -2.39. The fourth-order valence-corrected chi connectivity index (χ4v) is 4.37. The molecular weight excluding hydrogens is 492 g/mol. The van der Waals surface area contributed by atoms with Crippen LogP contribution in [0.5, 0.6) is 11.5 Å². The average Bonchev–Trinajstić information content (AvgIpc) is 2.90. The number of anilines is 1. The average molecular weight is 533 g/mol. The van der Waals surface area contributed by atoms with Gasteiger partial charge in [-0.3, -0.25) is 9.69 Å². The van der Waals surface area contributed by atoms with Gasteiger partial charge in [-0.25, -0.2) is 4.79 Å². The van der Waals surface area contributed by atoms with Crippen molar-refractivity contribution in [1.82, 2.24) is 4.90 Å². The number of carbonyl (C=O) groups excluding carboxylic acids is 2. The molecule has 0 aliphatic carbocycles. The zero-order valence-electron chi connectivity index (χ0n) is 24.0. The number of benzene rings is 3. The largest absolute Gasteiger partial charge is 0.493 e. The van der Waals surface area contributed by atoms with Gasteiger partial charge < -0.3 is 19.5 Å². The van der Waals surface area contributed by atoms with Crippen molar-refractivity contribution in [1.29, 1.82) is 0 Å². The Morgan fingerprint density at radius 1 is 0.795 bits per heavy atom. The van der Waals surface area contributed by atoms with Crippen molar-refractivity contribution in [2.75, 3.05) is 25.6 Å². The van der Waals surface area contributed by atoms with Crippen molar-refractivity contribution < 1.29 is 23.8 Å². The third kappa shape index (κ3) is 8.32. The van der Waals surface area contributed by atoms with Gasteiger partial charge in [0.15, 0.2) is 11.5 Å². The summed E-state index contributed by atoms with van der Waals surface area (Å²) in [6.07, 6.45) is -0.188. The van der Waals surface area contributed by atoms with Gasteiger partial charge in [0.1, 0.15) is 6.61 Å². The first-order valence-electron chi connectivity index (χ1n) is 13.4. The lowest BCUT2D eigenvalue weighted by Gasteiger charge is -2.30. The maximum Gasteiger partial charge on any atom is 0.338 e. The van der Waals surface area contributed by atoms with Gasteiger partial charge in [0.2, 0.25) is 0 Å². The van der Waals surface area contributed by atoms with Crippen LogP contribution in [0.25, 0.3) is 11.1 Å². The fraction of sp³-hybridized carbons (Fsp3) is 0.375. The molecule has 0 radical (unpaired) electrons. The fourth-order valence-electron chi connectivity index (χ4n) is 4.37. The Kier molecular flexibility index (Phi) is 10.5. The van der Waals surface area contributed by atoms with Gasteiger partial charge in [-0.15, -0.1) is 0 Å². The van der Waals surface area contributed by atoms with E-state index in [-0.39, 0.29) is 18.0 Å². The predicted octanol–water partition coefficient (Wildman–Crippen LogP) is 6.68. The van der Waals surface area contributed by atoms with Crippen LogP contribution in [0.4, 0.5) is 5.69 Å². The second-order valence-electron chi connectivity index (χ2n) is 10.2. The first kappa shape index (κ1) is 29.7. The van der Waals surface area contributed by atoms with Crippen LogP contribution in [-0.4, -0.2) is 55.2 Å². The highest BCUT2D eigenvalue weighted by Gasteiger charge is 2.15. The quantitative estimate of drug-likeness (QED) is 0.262. The van der Waals surface area contributed by atoms with Crippen LogP contribution in [0.2, 0.25) is 0 Å². The number of amides is 1. The third-order valence-corrected chi connectivity index (χ3v) is 6.28. The van der Waals surface area contributed by atoms with E-state index in [0.717, 1.165) is 17.7 Å². The van der Waals surface area contributed by atoms with Crippen molar-refractivity contribution in [3.63, 3.8) is 0 Å². The summed E-state index contributed by atoms with van der Waals surface area (Å²) in [5, 5.41) is 2.94. The number of ether oxygens (including phenoxy) is 3. The van der Waals surface area contributed by atoms with Crippen molar-refractivity contribution in [3.8, 4) is 22.6 Å². The lowest BCUT2D eigenvalue weighted by atomic mass is 10.0.